The zero-order chi connectivity index (χ0) is 19.4. The van der Waals surface area contributed by atoms with E-state index < -0.39 is 16.1 Å². The molecule has 2 N–H and O–H groups in total. The summed E-state index contributed by atoms with van der Waals surface area (Å²) in [7, 11) is -3.81. The molecule has 0 spiro atoms. The number of rotatable bonds is 5. The van der Waals surface area contributed by atoms with Crippen LogP contribution in [0.2, 0.25) is 0 Å². The zero-order valence-corrected chi connectivity index (χ0v) is 15.7. The number of nitrogens with zero attached hydrogens (tertiary/aromatic N) is 1. The van der Waals surface area contributed by atoms with Crippen LogP contribution in [0.4, 0.5) is 0 Å². The van der Waals surface area contributed by atoms with Crippen LogP contribution in [0.15, 0.2) is 59.5 Å². The summed E-state index contributed by atoms with van der Waals surface area (Å²) in [6.07, 6.45) is 0. The van der Waals surface area contributed by atoms with Crippen LogP contribution in [0.1, 0.15) is 28.9 Å². The first-order valence-electron chi connectivity index (χ1n) is 8.60. The first-order chi connectivity index (χ1) is 12.9. The van der Waals surface area contributed by atoms with Gasteiger partial charge < -0.3 is 10.2 Å². The second-order valence-electron chi connectivity index (χ2n) is 6.36. The lowest BCUT2D eigenvalue weighted by Crippen LogP contribution is -2.50. The Hall–Kier alpha value is -2.71. The third kappa shape index (κ3) is 4.53. The predicted molar refractivity (Wildman–Crippen MR) is 101 cm³/mol. The van der Waals surface area contributed by atoms with Gasteiger partial charge in [-0.25, -0.2) is 13.1 Å². The fourth-order valence-electron chi connectivity index (χ4n) is 2.90. The van der Waals surface area contributed by atoms with E-state index in [2.05, 4.69) is 10.0 Å². The van der Waals surface area contributed by atoms with Crippen molar-refractivity contribution in [1.29, 1.82) is 0 Å². The first-order valence-corrected chi connectivity index (χ1v) is 10.1. The van der Waals surface area contributed by atoms with Crippen LogP contribution in [0.3, 0.4) is 0 Å². The van der Waals surface area contributed by atoms with E-state index >= 15 is 0 Å². The van der Waals surface area contributed by atoms with Gasteiger partial charge >= 0.3 is 0 Å². The molecule has 2 aromatic rings. The maximum absolute atomic E-state index is 12.7. The van der Waals surface area contributed by atoms with Crippen LogP contribution in [0.5, 0.6) is 0 Å². The molecule has 142 valence electrons. The largest absolute Gasteiger partial charge is 0.353 e. The van der Waals surface area contributed by atoms with E-state index in [1.165, 1.54) is 23.1 Å². The summed E-state index contributed by atoms with van der Waals surface area (Å²) >= 11 is 0. The number of sulfonamides is 1. The van der Waals surface area contributed by atoms with E-state index in [9.17, 15) is 18.0 Å². The molecule has 7 nitrogen and oxygen atoms in total. The number of carbonyl (C=O) groups excluding carboxylic acids is 2. The van der Waals surface area contributed by atoms with E-state index in [4.69, 9.17) is 0 Å². The highest BCUT2D eigenvalue weighted by Gasteiger charge is 2.24. The highest BCUT2D eigenvalue weighted by atomic mass is 32.2. The Morgan fingerprint density at radius 2 is 1.89 bits per heavy atom. The van der Waals surface area contributed by atoms with Gasteiger partial charge in [0, 0.05) is 24.7 Å². The highest BCUT2D eigenvalue weighted by molar-refractivity contribution is 7.89. The summed E-state index contributed by atoms with van der Waals surface area (Å²) in [6.45, 7) is 2.51. The maximum Gasteiger partial charge on any atom is 0.254 e. The van der Waals surface area contributed by atoms with Gasteiger partial charge in [-0.3, -0.25) is 9.59 Å². The Kier molecular flexibility index (Phi) is 5.57. The SMILES string of the molecule is C[C@@H](NS(=O)(=O)c1cccc(C(=O)N2CCNC(=O)C2)c1)c1ccccc1. The van der Waals surface area contributed by atoms with E-state index in [0.717, 1.165) is 5.56 Å². The lowest BCUT2D eigenvalue weighted by atomic mass is 10.1. The average molecular weight is 387 g/mol. The van der Waals surface area contributed by atoms with Gasteiger partial charge in [0.25, 0.3) is 5.91 Å². The summed E-state index contributed by atoms with van der Waals surface area (Å²) in [6, 6.07) is 14.7. The molecule has 0 bridgehead atoms. The Morgan fingerprint density at radius 3 is 2.59 bits per heavy atom. The molecule has 8 heteroatoms. The van der Waals surface area contributed by atoms with Gasteiger partial charge in [0.15, 0.2) is 0 Å². The van der Waals surface area contributed by atoms with E-state index in [-0.39, 0.29) is 28.8 Å². The maximum atomic E-state index is 12.7. The quantitative estimate of drug-likeness (QED) is 0.808. The Morgan fingerprint density at radius 1 is 1.15 bits per heavy atom. The lowest BCUT2D eigenvalue weighted by Gasteiger charge is -2.26. The number of piperazine rings is 1. The Balaban J connectivity index is 1.79. The Bertz CT molecular complexity index is 944. The number of nitrogens with one attached hydrogen (secondary N) is 2. The van der Waals surface area contributed by atoms with E-state index in [0.29, 0.717) is 13.1 Å². The predicted octanol–water partition coefficient (Wildman–Crippen LogP) is 1.30. The molecule has 0 unspecified atom stereocenters. The molecule has 0 radical (unpaired) electrons. The molecule has 1 aliphatic heterocycles. The molecule has 1 fully saturated rings. The minimum Gasteiger partial charge on any atom is -0.353 e. The second-order valence-corrected chi connectivity index (χ2v) is 8.07. The molecule has 0 aliphatic carbocycles. The van der Waals surface area contributed by atoms with Crippen molar-refractivity contribution in [2.24, 2.45) is 0 Å². The van der Waals surface area contributed by atoms with Crippen molar-refractivity contribution in [3.05, 3.63) is 65.7 Å². The van der Waals surface area contributed by atoms with Gasteiger partial charge in [-0.2, -0.15) is 0 Å². The standard InChI is InChI=1S/C19H21N3O4S/c1-14(15-6-3-2-4-7-15)21-27(25,26)17-9-5-8-16(12-17)19(24)22-11-10-20-18(23)13-22/h2-9,12,14,21H,10-11,13H2,1H3,(H,20,23)/t14-/m1/s1. The van der Waals surface area contributed by atoms with Gasteiger partial charge in [-0.1, -0.05) is 36.4 Å². The molecular weight excluding hydrogens is 366 g/mol. The second kappa shape index (κ2) is 7.89. The van der Waals surface area contributed by atoms with Crippen molar-refractivity contribution in [3.63, 3.8) is 0 Å². The summed E-state index contributed by atoms with van der Waals surface area (Å²) < 4.78 is 28.1. The Labute approximate surface area is 158 Å². The topological polar surface area (TPSA) is 95.6 Å². The minimum absolute atomic E-state index is 0.0117. The van der Waals surface area contributed by atoms with Crippen molar-refractivity contribution >= 4 is 21.8 Å². The molecule has 1 saturated heterocycles. The molecule has 0 aromatic heterocycles. The van der Waals surface area contributed by atoms with Crippen LogP contribution in [-0.2, 0) is 14.8 Å². The average Bonchev–Trinajstić information content (AvgIpc) is 2.68. The summed E-state index contributed by atoms with van der Waals surface area (Å²) in [4.78, 5) is 25.5. The molecular formula is C19H21N3O4S. The van der Waals surface area contributed by atoms with Gasteiger partial charge in [-0.05, 0) is 30.7 Å². The van der Waals surface area contributed by atoms with Crippen molar-refractivity contribution < 1.29 is 18.0 Å². The monoisotopic (exact) mass is 387 g/mol. The lowest BCUT2D eigenvalue weighted by molar-refractivity contribution is -0.123. The highest BCUT2D eigenvalue weighted by Crippen LogP contribution is 2.18. The van der Waals surface area contributed by atoms with Crippen LogP contribution in [-0.4, -0.2) is 44.8 Å². The number of hydrogen-bond acceptors (Lipinski definition) is 4. The minimum atomic E-state index is -3.81. The normalized spacial score (nSPS) is 15.9. The van der Waals surface area contributed by atoms with Crippen LogP contribution in [0.25, 0.3) is 0 Å². The van der Waals surface area contributed by atoms with Gasteiger partial charge in [0.2, 0.25) is 15.9 Å². The van der Waals surface area contributed by atoms with Crippen molar-refractivity contribution in [2.45, 2.75) is 17.9 Å². The van der Waals surface area contributed by atoms with Gasteiger partial charge in [-0.15, -0.1) is 0 Å². The summed E-state index contributed by atoms with van der Waals surface area (Å²) in [5, 5.41) is 2.65. The number of hydrogen-bond donors (Lipinski definition) is 2. The molecule has 1 aliphatic rings. The molecule has 27 heavy (non-hydrogen) atoms. The van der Waals surface area contributed by atoms with Crippen LogP contribution < -0.4 is 10.0 Å². The van der Waals surface area contributed by atoms with Crippen LogP contribution >= 0.6 is 0 Å². The van der Waals surface area contributed by atoms with Crippen molar-refractivity contribution in [2.75, 3.05) is 19.6 Å². The zero-order valence-electron chi connectivity index (χ0n) is 14.9. The third-order valence-corrected chi connectivity index (χ3v) is 5.89. The first kappa shape index (κ1) is 19.1. The smallest absolute Gasteiger partial charge is 0.254 e. The fraction of sp³-hybridized carbons (Fsp3) is 0.263. The summed E-state index contributed by atoms with van der Waals surface area (Å²) in [5.41, 5.74) is 1.08. The number of benzene rings is 2. The summed E-state index contributed by atoms with van der Waals surface area (Å²) in [5.74, 6) is -0.588. The number of carbonyl (C=O) groups is 2. The van der Waals surface area contributed by atoms with Gasteiger partial charge in [0.1, 0.15) is 0 Å². The molecule has 1 heterocycles. The van der Waals surface area contributed by atoms with E-state index in [1.54, 1.807) is 13.0 Å². The molecule has 0 saturated carbocycles. The molecule has 2 amide bonds. The van der Waals surface area contributed by atoms with Crippen molar-refractivity contribution in [3.8, 4) is 0 Å². The fourth-order valence-corrected chi connectivity index (χ4v) is 4.18. The molecule has 3 rings (SSSR count). The third-order valence-electron chi connectivity index (χ3n) is 4.35. The van der Waals surface area contributed by atoms with E-state index in [1.807, 2.05) is 30.3 Å². The van der Waals surface area contributed by atoms with Crippen LogP contribution in [0, 0.1) is 0 Å². The van der Waals surface area contributed by atoms with Gasteiger partial charge in [0.05, 0.1) is 11.4 Å². The van der Waals surface area contributed by atoms with Crippen molar-refractivity contribution in [1.82, 2.24) is 14.9 Å². The molecule has 2 aromatic carbocycles. The molecule has 1 atom stereocenters. The number of amides is 2.